The highest BCUT2D eigenvalue weighted by Crippen LogP contribution is 2.43. The van der Waals surface area contributed by atoms with Crippen molar-refractivity contribution in [3.8, 4) is 0 Å². The minimum Gasteiger partial charge on any atom is -0.462 e. The third-order valence-electron chi connectivity index (χ3n) is 12.9. The number of rotatable bonds is 56. The topological polar surface area (TPSA) is 134 Å². The maximum absolute atomic E-state index is 12.7. The van der Waals surface area contributed by atoms with Gasteiger partial charge in [0.25, 0.3) is 0 Å². The molecule has 0 saturated heterocycles. The number of hydrogen-bond donors (Lipinski definition) is 2. The minimum atomic E-state index is -4.39. The zero-order valence-electron chi connectivity index (χ0n) is 46.2. The molecule has 9 nitrogen and oxygen atoms in total. The first kappa shape index (κ1) is 68.7. The predicted molar refractivity (Wildman–Crippen MR) is 303 cm³/mol. The summed E-state index contributed by atoms with van der Waals surface area (Å²) in [7, 11) is -4.39. The van der Waals surface area contributed by atoms with Crippen molar-refractivity contribution in [2.24, 2.45) is 5.73 Å². The second kappa shape index (κ2) is 57.0. The smallest absolute Gasteiger partial charge is 0.462 e. The van der Waals surface area contributed by atoms with Gasteiger partial charge >= 0.3 is 19.8 Å². The number of nitrogens with two attached hydrogens (primary N) is 1. The van der Waals surface area contributed by atoms with Gasteiger partial charge < -0.3 is 20.1 Å². The van der Waals surface area contributed by atoms with Gasteiger partial charge in [0.15, 0.2) is 6.10 Å². The van der Waals surface area contributed by atoms with E-state index in [0.717, 1.165) is 70.6 Å². The van der Waals surface area contributed by atoms with Crippen LogP contribution in [0.5, 0.6) is 0 Å². The van der Waals surface area contributed by atoms with Gasteiger partial charge in [0.1, 0.15) is 6.61 Å². The van der Waals surface area contributed by atoms with E-state index in [1.165, 1.54) is 180 Å². The molecule has 0 aliphatic rings. The standard InChI is InChI=1S/C61H112NO8P/c1-3-5-7-9-11-13-15-17-19-21-23-25-27-28-29-30-32-33-35-37-39-41-43-45-47-49-51-53-60(63)67-57-59(58-69-71(65,66)68-56-55-62)70-61(64)54-52-50-48-46-44-42-40-38-36-34-31-26-24-22-20-18-16-14-12-10-8-6-4-2/h6,8,12,14,18,20-21,23-24,26,59H,3-5,7,9-11,13,15-17,19,22,25,27-58,62H2,1-2H3,(H,65,66)/b8-6-,14-12-,20-18-,23-21-,26-24-. The van der Waals surface area contributed by atoms with Crippen molar-refractivity contribution in [3.05, 3.63) is 60.8 Å². The molecule has 0 rings (SSSR count). The van der Waals surface area contributed by atoms with E-state index in [2.05, 4.69) is 74.6 Å². The summed E-state index contributed by atoms with van der Waals surface area (Å²) in [4.78, 5) is 35.2. The van der Waals surface area contributed by atoms with Crippen LogP contribution >= 0.6 is 7.82 Å². The Kier molecular flexibility index (Phi) is 55.2. The molecule has 0 fully saturated rings. The lowest BCUT2D eigenvalue weighted by atomic mass is 10.0. The minimum absolute atomic E-state index is 0.0517. The maximum Gasteiger partial charge on any atom is 0.472 e. The number of allylic oxidation sites excluding steroid dienone is 10. The molecule has 2 unspecified atom stereocenters. The van der Waals surface area contributed by atoms with Gasteiger partial charge in [-0.15, -0.1) is 0 Å². The molecule has 0 aliphatic carbocycles. The molecular formula is C61H112NO8P. The van der Waals surface area contributed by atoms with Gasteiger partial charge in [0, 0.05) is 19.4 Å². The number of unbranched alkanes of at least 4 members (excludes halogenated alkanes) is 33. The largest absolute Gasteiger partial charge is 0.472 e. The highest BCUT2D eigenvalue weighted by molar-refractivity contribution is 7.47. The van der Waals surface area contributed by atoms with Gasteiger partial charge in [-0.2, -0.15) is 0 Å². The first-order valence-corrected chi connectivity index (χ1v) is 31.3. The number of hydrogen-bond acceptors (Lipinski definition) is 8. The van der Waals surface area contributed by atoms with Crippen molar-refractivity contribution in [2.45, 2.75) is 290 Å². The number of esters is 2. The summed E-state index contributed by atoms with van der Waals surface area (Å²) in [5, 5.41) is 0. The molecular weight excluding hydrogens is 906 g/mol. The molecule has 0 heterocycles. The number of carbonyl (C=O) groups excluding carboxylic acids is 2. The van der Waals surface area contributed by atoms with Crippen LogP contribution < -0.4 is 5.73 Å². The van der Waals surface area contributed by atoms with Crippen LogP contribution in [0.15, 0.2) is 60.8 Å². The molecule has 0 aromatic heterocycles. The van der Waals surface area contributed by atoms with Crippen molar-refractivity contribution in [3.63, 3.8) is 0 Å². The van der Waals surface area contributed by atoms with Gasteiger partial charge in [0.2, 0.25) is 0 Å². The Morgan fingerprint density at radius 2 is 0.775 bits per heavy atom. The van der Waals surface area contributed by atoms with E-state index in [1.54, 1.807) is 0 Å². The second-order valence-electron chi connectivity index (χ2n) is 19.8. The molecule has 0 aromatic rings. The lowest BCUT2D eigenvalue weighted by Gasteiger charge is -2.19. The molecule has 0 amide bonds. The zero-order chi connectivity index (χ0) is 51.7. The van der Waals surface area contributed by atoms with Gasteiger partial charge in [-0.25, -0.2) is 4.57 Å². The average Bonchev–Trinajstić information content (AvgIpc) is 3.36. The van der Waals surface area contributed by atoms with Crippen molar-refractivity contribution in [1.29, 1.82) is 0 Å². The first-order chi connectivity index (χ1) is 34.8. The van der Waals surface area contributed by atoms with Crippen LogP contribution in [0, 0.1) is 0 Å². The summed E-state index contributed by atoms with van der Waals surface area (Å²) < 4.78 is 33.1. The van der Waals surface area contributed by atoms with Gasteiger partial charge in [0.05, 0.1) is 13.2 Å². The highest BCUT2D eigenvalue weighted by Gasteiger charge is 2.26. The van der Waals surface area contributed by atoms with Gasteiger partial charge in [-0.3, -0.25) is 18.6 Å². The second-order valence-corrected chi connectivity index (χ2v) is 21.3. The van der Waals surface area contributed by atoms with Crippen LogP contribution in [-0.2, 0) is 32.7 Å². The van der Waals surface area contributed by atoms with Gasteiger partial charge in [-0.1, -0.05) is 254 Å². The number of phosphoric acid groups is 1. The van der Waals surface area contributed by atoms with Crippen molar-refractivity contribution < 1.29 is 37.6 Å². The number of carbonyl (C=O) groups is 2. The fraction of sp³-hybridized carbons (Fsp3) is 0.803. The molecule has 2 atom stereocenters. The molecule has 3 N–H and O–H groups in total. The fourth-order valence-electron chi connectivity index (χ4n) is 8.51. The van der Waals surface area contributed by atoms with E-state index >= 15 is 0 Å². The van der Waals surface area contributed by atoms with Crippen LogP contribution in [0.4, 0.5) is 0 Å². The number of ether oxygens (including phenoxy) is 2. The number of phosphoric ester groups is 1. The summed E-state index contributed by atoms with van der Waals surface area (Å²) in [5.74, 6) is -0.824. The van der Waals surface area contributed by atoms with Crippen LogP contribution in [0.1, 0.15) is 284 Å². The van der Waals surface area contributed by atoms with E-state index in [0.29, 0.717) is 6.42 Å². The molecule has 0 spiro atoms. The first-order valence-electron chi connectivity index (χ1n) is 29.8. The molecule has 414 valence electrons. The molecule has 0 bridgehead atoms. The predicted octanol–water partition coefficient (Wildman–Crippen LogP) is 18.7. The van der Waals surface area contributed by atoms with E-state index in [1.807, 2.05) is 0 Å². The third kappa shape index (κ3) is 56.9. The Balaban J connectivity index is 3.94. The van der Waals surface area contributed by atoms with E-state index in [4.69, 9.17) is 24.3 Å². The summed E-state index contributed by atoms with van der Waals surface area (Å²) in [6, 6.07) is 0. The summed E-state index contributed by atoms with van der Waals surface area (Å²) in [6.07, 6.45) is 71.4. The molecule has 10 heteroatoms. The average molecular weight is 1020 g/mol. The van der Waals surface area contributed by atoms with Crippen LogP contribution in [-0.4, -0.2) is 49.3 Å². The third-order valence-corrected chi connectivity index (χ3v) is 13.9. The Labute approximate surface area is 438 Å². The van der Waals surface area contributed by atoms with Gasteiger partial charge in [-0.05, 0) is 77.0 Å². The lowest BCUT2D eigenvalue weighted by Crippen LogP contribution is -2.29. The maximum atomic E-state index is 12.7. The van der Waals surface area contributed by atoms with Crippen molar-refractivity contribution in [2.75, 3.05) is 26.4 Å². The molecule has 71 heavy (non-hydrogen) atoms. The van der Waals surface area contributed by atoms with Crippen LogP contribution in [0.25, 0.3) is 0 Å². The SMILES string of the molecule is CC/C=C\C/C=C\C/C=C\C/C=C\CCCCCCCCCCCCC(=O)OC(COC(=O)CCCCCCCCCCCCCCCCC/C=C\CCCCCCCCCC)COP(=O)(O)OCCN. The summed E-state index contributed by atoms with van der Waals surface area (Å²) in [5.41, 5.74) is 5.38. The zero-order valence-corrected chi connectivity index (χ0v) is 47.1. The Morgan fingerprint density at radius 1 is 0.437 bits per heavy atom. The normalized spacial score (nSPS) is 13.5. The Bertz CT molecular complexity index is 1350. The van der Waals surface area contributed by atoms with E-state index < -0.39 is 26.5 Å². The van der Waals surface area contributed by atoms with E-state index in [9.17, 15) is 19.0 Å². The highest BCUT2D eigenvalue weighted by atomic mass is 31.2. The Hall–Kier alpha value is -2.29. The summed E-state index contributed by atoms with van der Waals surface area (Å²) in [6.45, 7) is 3.66. The Morgan fingerprint density at radius 3 is 1.17 bits per heavy atom. The van der Waals surface area contributed by atoms with E-state index in [-0.39, 0.29) is 38.6 Å². The fourth-order valence-corrected chi connectivity index (χ4v) is 9.27. The van der Waals surface area contributed by atoms with Crippen molar-refractivity contribution >= 4 is 19.8 Å². The molecule has 0 aliphatic heterocycles. The molecule has 0 aromatic carbocycles. The lowest BCUT2D eigenvalue weighted by molar-refractivity contribution is -0.161. The van der Waals surface area contributed by atoms with Crippen LogP contribution in [0.3, 0.4) is 0 Å². The quantitative estimate of drug-likeness (QED) is 0.0264. The molecule has 0 radical (unpaired) electrons. The molecule has 0 saturated carbocycles. The van der Waals surface area contributed by atoms with Crippen molar-refractivity contribution in [1.82, 2.24) is 0 Å². The monoisotopic (exact) mass is 1020 g/mol. The van der Waals surface area contributed by atoms with Crippen LogP contribution in [0.2, 0.25) is 0 Å². The summed E-state index contributed by atoms with van der Waals surface area (Å²) >= 11 is 0.